The Bertz CT molecular complexity index is 667. The van der Waals surface area contributed by atoms with Crippen LogP contribution in [0.4, 0.5) is 23.2 Å². The number of hydrogen-bond acceptors (Lipinski definition) is 1. The summed E-state index contributed by atoms with van der Waals surface area (Å²) in [4.78, 5) is 11.8. The van der Waals surface area contributed by atoms with Crippen molar-refractivity contribution in [1.82, 2.24) is 0 Å². The zero-order valence-corrected chi connectivity index (χ0v) is 11.8. The summed E-state index contributed by atoms with van der Waals surface area (Å²) in [7, 11) is 0. The summed E-state index contributed by atoms with van der Waals surface area (Å²) >= 11 is 1.76. The molecule has 1 amide bonds. The maximum Gasteiger partial charge on any atom is 0.261 e. The Morgan fingerprint density at radius 3 is 2.10 bits per heavy atom. The van der Waals surface area contributed by atoms with Crippen molar-refractivity contribution in [2.24, 2.45) is 0 Å². The molecule has 0 saturated carbocycles. The van der Waals surface area contributed by atoms with Crippen molar-refractivity contribution in [1.29, 1.82) is 0 Å². The van der Waals surface area contributed by atoms with Crippen molar-refractivity contribution in [2.45, 2.75) is 0 Å². The smallest absolute Gasteiger partial charge is 0.261 e. The summed E-state index contributed by atoms with van der Waals surface area (Å²) in [5.41, 5.74) is -0.702. The Labute approximate surface area is 124 Å². The largest absolute Gasteiger partial charge is 0.321 e. The van der Waals surface area contributed by atoms with Gasteiger partial charge in [-0.3, -0.25) is 4.79 Å². The fourth-order valence-electron chi connectivity index (χ4n) is 1.53. The first-order chi connectivity index (χ1) is 9.38. The van der Waals surface area contributed by atoms with E-state index in [-0.39, 0.29) is 5.69 Å². The molecule has 2 nitrogen and oxygen atoms in total. The molecule has 0 spiro atoms. The second-order valence-electron chi connectivity index (χ2n) is 3.82. The summed E-state index contributed by atoms with van der Waals surface area (Å²) in [6.45, 7) is 0. The minimum Gasteiger partial charge on any atom is -0.321 e. The normalized spacial score (nSPS) is 10.4. The number of anilines is 1. The van der Waals surface area contributed by atoms with Crippen molar-refractivity contribution >= 4 is 34.2 Å². The first-order valence-electron chi connectivity index (χ1n) is 5.29. The van der Waals surface area contributed by atoms with Crippen LogP contribution in [0.25, 0.3) is 0 Å². The average molecular weight is 395 g/mol. The molecule has 0 aliphatic heterocycles. The van der Waals surface area contributed by atoms with E-state index in [1.54, 1.807) is 22.6 Å². The van der Waals surface area contributed by atoms with Gasteiger partial charge in [-0.1, -0.05) is 0 Å². The minimum atomic E-state index is -1.31. The van der Waals surface area contributed by atoms with E-state index in [1.807, 2.05) is 0 Å². The molecule has 0 heterocycles. The van der Waals surface area contributed by atoms with Crippen LogP contribution in [-0.4, -0.2) is 5.91 Å². The zero-order valence-electron chi connectivity index (χ0n) is 9.68. The number of carbonyl (C=O) groups is 1. The van der Waals surface area contributed by atoms with Crippen LogP contribution in [0.15, 0.2) is 30.3 Å². The predicted molar refractivity (Wildman–Crippen MR) is 73.4 cm³/mol. The van der Waals surface area contributed by atoms with E-state index in [1.165, 1.54) is 6.07 Å². The highest BCUT2D eigenvalue weighted by Crippen LogP contribution is 2.21. The number of carbonyl (C=O) groups excluding carboxylic acids is 1. The molecule has 0 unspecified atom stereocenters. The average Bonchev–Trinajstić information content (AvgIpc) is 2.31. The highest BCUT2D eigenvalue weighted by atomic mass is 127. The molecule has 2 rings (SSSR count). The van der Waals surface area contributed by atoms with Crippen LogP contribution in [0.3, 0.4) is 0 Å². The maximum absolute atomic E-state index is 13.4. The summed E-state index contributed by atoms with van der Waals surface area (Å²) in [6, 6.07) is 4.32. The van der Waals surface area contributed by atoms with E-state index in [0.717, 1.165) is 12.1 Å². The minimum absolute atomic E-state index is 0.195. The molecular formula is C13H6F4INO. The molecule has 0 aliphatic carbocycles. The number of amides is 1. The SMILES string of the molecule is O=C(Nc1ccc(F)cc1I)c1c(F)cc(F)cc1F. The van der Waals surface area contributed by atoms with E-state index in [2.05, 4.69) is 5.32 Å². The van der Waals surface area contributed by atoms with E-state index in [4.69, 9.17) is 0 Å². The lowest BCUT2D eigenvalue weighted by molar-refractivity contribution is 0.101. The second kappa shape index (κ2) is 5.78. The third kappa shape index (κ3) is 3.09. The highest BCUT2D eigenvalue weighted by molar-refractivity contribution is 14.1. The molecule has 20 heavy (non-hydrogen) atoms. The Morgan fingerprint density at radius 2 is 1.55 bits per heavy atom. The van der Waals surface area contributed by atoms with Crippen molar-refractivity contribution in [3.05, 3.63) is 62.7 Å². The number of hydrogen-bond donors (Lipinski definition) is 1. The number of halogens is 5. The highest BCUT2D eigenvalue weighted by Gasteiger charge is 2.19. The number of benzene rings is 2. The molecule has 2 aromatic carbocycles. The molecule has 2 aromatic rings. The van der Waals surface area contributed by atoms with Gasteiger partial charge in [-0.25, -0.2) is 17.6 Å². The first-order valence-corrected chi connectivity index (χ1v) is 6.37. The Balaban J connectivity index is 2.33. The topological polar surface area (TPSA) is 29.1 Å². The molecule has 0 saturated heterocycles. The summed E-state index contributed by atoms with van der Waals surface area (Å²) in [5, 5.41) is 2.24. The van der Waals surface area contributed by atoms with Gasteiger partial charge >= 0.3 is 0 Å². The number of rotatable bonds is 2. The van der Waals surface area contributed by atoms with Gasteiger partial charge in [0.2, 0.25) is 0 Å². The third-order valence-corrected chi connectivity index (χ3v) is 3.31. The fraction of sp³-hybridized carbons (Fsp3) is 0. The van der Waals surface area contributed by atoms with Gasteiger partial charge < -0.3 is 5.32 Å². The van der Waals surface area contributed by atoms with Crippen LogP contribution in [0.1, 0.15) is 10.4 Å². The van der Waals surface area contributed by atoms with Crippen LogP contribution < -0.4 is 5.32 Å². The third-order valence-electron chi connectivity index (χ3n) is 2.41. The van der Waals surface area contributed by atoms with Crippen molar-refractivity contribution < 1.29 is 22.4 Å². The fourth-order valence-corrected chi connectivity index (χ4v) is 2.15. The quantitative estimate of drug-likeness (QED) is 0.602. The van der Waals surface area contributed by atoms with Crippen LogP contribution in [-0.2, 0) is 0 Å². The van der Waals surface area contributed by atoms with Crippen LogP contribution in [0, 0.1) is 26.8 Å². The van der Waals surface area contributed by atoms with Crippen LogP contribution in [0.2, 0.25) is 0 Å². The molecule has 0 radical (unpaired) electrons. The number of nitrogens with one attached hydrogen (secondary N) is 1. The lowest BCUT2D eigenvalue weighted by atomic mass is 10.1. The van der Waals surface area contributed by atoms with Gasteiger partial charge in [0.05, 0.1) is 5.69 Å². The van der Waals surface area contributed by atoms with Crippen molar-refractivity contribution in [2.75, 3.05) is 5.32 Å². The Kier molecular flexibility index (Phi) is 4.26. The molecule has 0 atom stereocenters. The molecule has 0 aliphatic rings. The van der Waals surface area contributed by atoms with Gasteiger partial charge in [0.1, 0.15) is 28.8 Å². The molecule has 0 aromatic heterocycles. The Morgan fingerprint density at radius 1 is 0.950 bits per heavy atom. The molecular weight excluding hydrogens is 389 g/mol. The predicted octanol–water partition coefficient (Wildman–Crippen LogP) is 4.10. The molecule has 1 N–H and O–H groups in total. The molecule has 0 fully saturated rings. The maximum atomic E-state index is 13.4. The van der Waals surface area contributed by atoms with Gasteiger partial charge in [-0.05, 0) is 40.8 Å². The Hall–Kier alpha value is -1.64. The van der Waals surface area contributed by atoms with Gasteiger partial charge in [0.25, 0.3) is 5.91 Å². The molecule has 104 valence electrons. The summed E-state index contributed by atoms with van der Waals surface area (Å²) in [6.07, 6.45) is 0. The van der Waals surface area contributed by atoms with Crippen LogP contribution >= 0.6 is 22.6 Å². The standard InChI is InChI=1S/C13H6F4INO/c14-6-1-2-11(10(18)5-6)19-13(20)12-8(16)3-7(15)4-9(12)17/h1-5H,(H,19,20). The van der Waals surface area contributed by atoms with Gasteiger partial charge in [-0.2, -0.15) is 0 Å². The van der Waals surface area contributed by atoms with Gasteiger partial charge in [0, 0.05) is 15.7 Å². The lowest BCUT2D eigenvalue weighted by Crippen LogP contribution is -2.17. The van der Waals surface area contributed by atoms with Crippen molar-refractivity contribution in [3.8, 4) is 0 Å². The summed E-state index contributed by atoms with van der Waals surface area (Å²) < 4.78 is 52.9. The second-order valence-corrected chi connectivity index (χ2v) is 4.98. The van der Waals surface area contributed by atoms with Crippen LogP contribution in [0.5, 0.6) is 0 Å². The van der Waals surface area contributed by atoms with E-state index >= 15 is 0 Å². The van der Waals surface area contributed by atoms with Gasteiger partial charge in [0.15, 0.2) is 0 Å². The zero-order chi connectivity index (χ0) is 14.9. The molecule has 0 bridgehead atoms. The van der Waals surface area contributed by atoms with Gasteiger partial charge in [-0.15, -0.1) is 0 Å². The van der Waals surface area contributed by atoms with E-state index in [0.29, 0.717) is 15.7 Å². The van der Waals surface area contributed by atoms with E-state index in [9.17, 15) is 22.4 Å². The summed E-state index contributed by atoms with van der Waals surface area (Å²) in [5.74, 6) is -5.32. The first kappa shape index (κ1) is 14.8. The van der Waals surface area contributed by atoms with E-state index < -0.39 is 34.7 Å². The lowest BCUT2D eigenvalue weighted by Gasteiger charge is -2.09. The molecule has 7 heteroatoms. The van der Waals surface area contributed by atoms with Crippen molar-refractivity contribution in [3.63, 3.8) is 0 Å². The monoisotopic (exact) mass is 395 g/mol.